The van der Waals surface area contributed by atoms with Gasteiger partial charge in [-0.25, -0.2) is 9.67 Å². The van der Waals surface area contributed by atoms with Gasteiger partial charge in [0.2, 0.25) is 0 Å². The van der Waals surface area contributed by atoms with Crippen LogP contribution in [-0.4, -0.2) is 30.9 Å². The average molecular weight is 346 g/mol. The number of pyridine rings is 1. The highest BCUT2D eigenvalue weighted by molar-refractivity contribution is 6.11. The zero-order valence-electron chi connectivity index (χ0n) is 14.7. The second kappa shape index (κ2) is 6.11. The monoisotopic (exact) mass is 346 g/mol. The van der Waals surface area contributed by atoms with Crippen molar-refractivity contribution in [3.05, 3.63) is 65.2 Å². The Kier molecular flexibility index (Phi) is 3.76. The number of nitrogens with one attached hydrogen (secondary N) is 2. The van der Waals surface area contributed by atoms with Gasteiger partial charge in [0, 0.05) is 11.1 Å². The van der Waals surface area contributed by atoms with Gasteiger partial charge in [0.25, 0.3) is 5.91 Å². The quantitative estimate of drug-likeness (QED) is 0.595. The van der Waals surface area contributed by atoms with Gasteiger partial charge in [0.1, 0.15) is 0 Å². The third-order valence-electron chi connectivity index (χ3n) is 4.17. The molecule has 130 valence electrons. The zero-order valence-corrected chi connectivity index (χ0v) is 14.7. The van der Waals surface area contributed by atoms with E-state index in [4.69, 9.17) is 0 Å². The molecule has 0 aliphatic heterocycles. The third-order valence-corrected chi connectivity index (χ3v) is 4.17. The Bertz CT molecular complexity index is 1110. The molecule has 26 heavy (non-hydrogen) atoms. The highest BCUT2D eigenvalue weighted by Crippen LogP contribution is 2.19. The Morgan fingerprint density at radius 1 is 1.12 bits per heavy atom. The molecule has 0 fully saturated rings. The van der Waals surface area contributed by atoms with Gasteiger partial charge in [0.15, 0.2) is 11.5 Å². The van der Waals surface area contributed by atoms with Gasteiger partial charge in [-0.05, 0) is 51.1 Å². The lowest BCUT2D eigenvalue weighted by atomic mass is 10.1. The molecule has 0 radical (unpaired) electrons. The number of benzene rings is 1. The molecule has 0 unspecified atom stereocenters. The van der Waals surface area contributed by atoms with Gasteiger partial charge in [-0.15, -0.1) is 0 Å². The molecule has 4 rings (SSSR count). The van der Waals surface area contributed by atoms with Crippen molar-refractivity contribution in [1.82, 2.24) is 25.0 Å². The number of hydrogen-bond acceptors (Lipinski definition) is 4. The molecule has 3 heterocycles. The number of rotatable bonds is 3. The second-order valence-electron chi connectivity index (χ2n) is 6.32. The normalized spacial score (nSPS) is 11.0. The van der Waals surface area contributed by atoms with E-state index < -0.39 is 0 Å². The van der Waals surface area contributed by atoms with Crippen LogP contribution in [0.25, 0.3) is 16.7 Å². The van der Waals surface area contributed by atoms with Crippen LogP contribution in [0.15, 0.2) is 42.6 Å². The van der Waals surface area contributed by atoms with Gasteiger partial charge in [-0.1, -0.05) is 11.6 Å². The molecule has 2 N–H and O–H groups in total. The highest BCUT2D eigenvalue weighted by Gasteiger charge is 2.15. The van der Waals surface area contributed by atoms with Gasteiger partial charge in [-0.2, -0.15) is 10.2 Å². The summed E-state index contributed by atoms with van der Waals surface area (Å²) in [6.07, 6.45) is 1.61. The first-order chi connectivity index (χ1) is 12.5. The standard InChI is InChI=1S/C19H18N6O/c1-11-4-6-16-15(8-11)18(23-22-16)19(26)21-14-5-7-17(20-10-14)25-13(3)9-12(2)24-25/h4-10H,1-3H3,(H,21,26)(H,22,23). The summed E-state index contributed by atoms with van der Waals surface area (Å²) in [5.41, 5.74) is 4.81. The van der Waals surface area contributed by atoms with Crippen LogP contribution in [0.2, 0.25) is 0 Å². The maximum atomic E-state index is 12.6. The van der Waals surface area contributed by atoms with E-state index in [9.17, 15) is 4.79 Å². The maximum absolute atomic E-state index is 12.6. The molecule has 1 amide bonds. The number of amides is 1. The van der Waals surface area contributed by atoms with Gasteiger partial charge >= 0.3 is 0 Å². The third kappa shape index (κ3) is 2.83. The van der Waals surface area contributed by atoms with Crippen molar-refractivity contribution >= 4 is 22.5 Å². The molecule has 0 aliphatic carbocycles. The van der Waals surface area contributed by atoms with Crippen molar-refractivity contribution in [2.45, 2.75) is 20.8 Å². The molecule has 7 heteroatoms. The van der Waals surface area contributed by atoms with Crippen LogP contribution in [0, 0.1) is 20.8 Å². The first kappa shape index (κ1) is 16.0. The minimum atomic E-state index is -0.275. The van der Waals surface area contributed by atoms with Crippen LogP contribution in [0.3, 0.4) is 0 Å². The zero-order chi connectivity index (χ0) is 18.3. The Morgan fingerprint density at radius 2 is 1.96 bits per heavy atom. The van der Waals surface area contributed by atoms with E-state index in [1.165, 1.54) is 0 Å². The minimum Gasteiger partial charge on any atom is -0.319 e. The predicted octanol–water partition coefficient (Wildman–Crippen LogP) is 3.32. The summed E-state index contributed by atoms with van der Waals surface area (Å²) < 4.78 is 1.77. The van der Waals surface area contributed by atoms with Crippen molar-refractivity contribution in [1.29, 1.82) is 0 Å². The predicted molar refractivity (Wildman–Crippen MR) is 99.6 cm³/mol. The van der Waals surface area contributed by atoms with Crippen LogP contribution in [0.1, 0.15) is 27.4 Å². The summed E-state index contributed by atoms with van der Waals surface area (Å²) in [5, 5.41) is 15.1. The number of aromatic nitrogens is 5. The average Bonchev–Trinajstić information content (AvgIpc) is 3.18. The Morgan fingerprint density at radius 3 is 2.65 bits per heavy atom. The van der Waals surface area contributed by atoms with Gasteiger partial charge < -0.3 is 5.32 Å². The largest absolute Gasteiger partial charge is 0.319 e. The van der Waals surface area contributed by atoms with E-state index in [2.05, 4.69) is 25.6 Å². The van der Waals surface area contributed by atoms with E-state index >= 15 is 0 Å². The highest BCUT2D eigenvalue weighted by atomic mass is 16.1. The minimum absolute atomic E-state index is 0.275. The molecule has 0 spiro atoms. The van der Waals surface area contributed by atoms with Crippen molar-refractivity contribution in [2.75, 3.05) is 5.32 Å². The van der Waals surface area contributed by atoms with E-state index in [1.807, 2.05) is 51.1 Å². The fourth-order valence-corrected chi connectivity index (χ4v) is 2.94. The lowest BCUT2D eigenvalue weighted by molar-refractivity contribution is 0.102. The SMILES string of the molecule is Cc1ccc2[nH]nc(C(=O)Nc3ccc(-n4nc(C)cc4C)nc3)c2c1. The van der Waals surface area contributed by atoms with Crippen LogP contribution < -0.4 is 5.32 Å². The van der Waals surface area contributed by atoms with E-state index in [0.717, 1.165) is 27.9 Å². The summed E-state index contributed by atoms with van der Waals surface area (Å²) >= 11 is 0. The number of aromatic amines is 1. The lowest BCUT2D eigenvalue weighted by Gasteiger charge is -2.06. The molecular weight excluding hydrogens is 328 g/mol. The fourth-order valence-electron chi connectivity index (χ4n) is 2.94. The van der Waals surface area contributed by atoms with Crippen molar-refractivity contribution in [3.63, 3.8) is 0 Å². The summed E-state index contributed by atoms with van der Waals surface area (Å²) in [4.78, 5) is 17.0. The summed E-state index contributed by atoms with van der Waals surface area (Å²) in [7, 11) is 0. The number of carbonyl (C=O) groups excluding carboxylic acids is 1. The molecule has 0 saturated carbocycles. The second-order valence-corrected chi connectivity index (χ2v) is 6.32. The van der Waals surface area contributed by atoms with E-state index in [0.29, 0.717) is 17.2 Å². The molecule has 0 bridgehead atoms. The molecule has 0 saturated heterocycles. The first-order valence-corrected chi connectivity index (χ1v) is 8.27. The fraction of sp³-hybridized carbons (Fsp3) is 0.158. The smallest absolute Gasteiger partial charge is 0.276 e. The van der Waals surface area contributed by atoms with Crippen molar-refractivity contribution < 1.29 is 4.79 Å². The Balaban J connectivity index is 1.58. The molecular formula is C19H18N6O. The molecule has 1 aromatic carbocycles. The molecule has 7 nitrogen and oxygen atoms in total. The first-order valence-electron chi connectivity index (χ1n) is 8.27. The van der Waals surface area contributed by atoms with Gasteiger partial charge in [0.05, 0.1) is 23.1 Å². The number of nitrogens with zero attached hydrogens (tertiary/aromatic N) is 4. The van der Waals surface area contributed by atoms with Crippen molar-refractivity contribution in [3.8, 4) is 5.82 Å². The van der Waals surface area contributed by atoms with Gasteiger partial charge in [-0.3, -0.25) is 9.89 Å². The maximum Gasteiger partial charge on any atom is 0.276 e. The summed E-state index contributed by atoms with van der Waals surface area (Å²) in [6.45, 7) is 5.89. The van der Waals surface area contributed by atoms with E-state index in [1.54, 1.807) is 16.9 Å². The number of carbonyl (C=O) groups is 1. The van der Waals surface area contributed by atoms with Crippen molar-refractivity contribution in [2.24, 2.45) is 0 Å². The lowest BCUT2D eigenvalue weighted by Crippen LogP contribution is -2.13. The van der Waals surface area contributed by atoms with E-state index in [-0.39, 0.29) is 5.91 Å². The van der Waals surface area contributed by atoms with Crippen LogP contribution in [-0.2, 0) is 0 Å². The number of hydrogen-bond donors (Lipinski definition) is 2. The number of H-pyrrole nitrogens is 1. The molecule has 0 aliphatic rings. The molecule has 3 aromatic heterocycles. The number of fused-ring (bicyclic) bond motifs is 1. The van der Waals surface area contributed by atoms with Crippen LogP contribution in [0.5, 0.6) is 0 Å². The number of anilines is 1. The Labute approximate surface area is 150 Å². The topological polar surface area (TPSA) is 88.5 Å². The molecule has 4 aromatic rings. The summed E-state index contributed by atoms with van der Waals surface area (Å²) in [6, 6.07) is 11.4. The van der Waals surface area contributed by atoms with Crippen LogP contribution in [0.4, 0.5) is 5.69 Å². The number of aryl methyl sites for hydroxylation is 3. The summed E-state index contributed by atoms with van der Waals surface area (Å²) in [5.74, 6) is 0.428. The van der Waals surface area contributed by atoms with Crippen LogP contribution >= 0.6 is 0 Å². The Hall–Kier alpha value is -3.48. The molecule has 0 atom stereocenters.